The van der Waals surface area contributed by atoms with E-state index >= 15 is 0 Å². The van der Waals surface area contributed by atoms with E-state index in [1.807, 2.05) is 11.9 Å². The maximum absolute atomic E-state index is 5.76. The molecule has 96 valence electrons. The summed E-state index contributed by atoms with van der Waals surface area (Å²) in [6.07, 6.45) is 1.38. The van der Waals surface area contributed by atoms with E-state index in [1.165, 1.54) is 18.2 Å². The fraction of sp³-hybridized carbons (Fsp3) is 1.00. The van der Waals surface area contributed by atoms with E-state index in [0.29, 0.717) is 18.0 Å². The lowest BCUT2D eigenvalue weighted by Crippen LogP contribution is -2.46. The van der Waals surface area contributed by atoms with Crippen LogP contribution in [0.3, 0.4) is 0 Å². The predicted octanol–water partition coefficient (Wildman–Crippen LogP) is 1.55. The summed E-state index contributed by atoms with van der Waals surface area (Å²) in [4.78, 5) is 0. The summed E-state index contributed by atoms with van der Waals surface area (Å²) in [6, 6.07) is 1.07. The molecule has 0 aliphatic carbocycles. The van der Waals surface area contributed by atoms with Gasteiger partial charge < -0.3 is 11.1 Å². The molecule has 1 heterocycles. The Morgan fingerprint density at radius 1 is 1.44 bits per heavy atom. The number of hydrogen-bond donors (Lipinski definition) is 2. The van der Waals surface area contributed by atoms with Crippen LogP contribution in [0.2, 0.25) is 0 Å². The maximum atomic E-state index is 5.76. The second-order valence-electron chi connectivity index (χ2n) is 4.76. The van der Waals surface area contributed by atoms with Gasteiger partial charge in [-0.05, 0) is 19.0 Å². The number of hydrogen-bond acceptors (Lipinski definition) is 4. The van der Waals surface area contributed by atoms with Crippen LogP contribution in [0.5, 0.6) is 0 Å². The third kappa shape index (κ3) is 4.89. The van der Waals surface area contributed by atoms with Crippen molar-refractivity contribution in [1.82, 2.24) is 9.62 Å². The van der Waals surface area contributed by atoms with Crippen molar-refractivity contribution in [2.45, 2.75) is 32.9 Å². The molecule has 0 aromatic heterocycles. The van der Waals surface area contributed by atoms with Crippen LogP contribution in [0.1, 0.15) is 20.8 Å². The molecule has 0 aromatic carbocycles. The molecule has 3 nitrogen and oxygen atoms in total. The van der Waals surface area contributed by atoms with Gasteiger partial charge >= 0.3 is 0 Å². The molecular weight excluding hydrogens is 237 g/mol. The van der Waals surface area contributed by atoms with Crippen LogP contribution in [0.15, 0.2) is 0 Å². The minimum absolute atomic E-state index is 0.458. The van der Waals surface area contributed by atoms with E-state index in [-0.39, 0.29) is 0 Å². The normalized spacial score (nSPS) is 23.8. The zero-order chi connectivity index (χ0) is 12.0. The van der Waals surface area contributed by atoms with Crippen LogP contribution < -0.4 is 11.1 Å². The summed E-state index contributed by atoms with van der Waals surface area (Å²) < 4.78 is 2.53. The van der Waals surface area contributed by atoms with Crippen molar-refractivity contribution in [3.63, 3.8) is 0 Å². The summed E-state index contributed by atoms with van der Waals surface area (Å²) in [5, 5.41) is 3.59. The largest absolute Gasteiger partial charge is 0.329 e. The van der Waals surface area contributed by atoms with E-state index in [1.54, 1.807) is 0 Å². The Morgan fingerprint density at radius 2 is 2.19 bits per heavy atom. The number of nitrogens with zero attached hydrogens (tertiary/aromatic N) is 1. The van der Waals surface area contributed by atoms with Gasteiger partial charge in [-0.15, -0.1) is 8.58 Å². The Morgan fingerprint density at radius 3 is 2.69 bits per heavy atom. The minimum Gasteiger partial charge on any atom is -0.329 e. The molecule has 0 bridgehead atoms. The van der Waals surface area contributed by atoms with Crippen molar-refractivity contribution < 1.29 is 0 Å². The monoisotopic (exact) mass is 263 g/mol. The Bertz CT molecular complexity index is 186. The van der Waals surface area contributed by atoms with Gasteiger partial charge in [-0.25, -0.2) is 4.31 Å². The topological polar surface area (TPSA) is 41.3 Å². The number of nitrogens with one attached hydrogen (secondary N) is 1. The lowest BCUT2D eigenvalue weighted by molar-refractivity contribution is 0.329. The first-order valence-corrected chi connectivity index (χ1v) is 8.54. The van der Waals surface area contributed by atoms with E-state index in [0.717, 1.165) is 21.7 Å². The summed E-state index contributed by atoms with van der Waals surface area (Å²) in [5.74, 6) is 0.618. The molecule has 1 aliphatic rings. The quantitative estimate of drug-likeness (QED) is 0.563. The van der Waals surface area contributed by atoms with Crippen molar-refractivity contribution in [3.05, 3.63) is 0 Å². The van der Waals surface area contributed by atoms with E-state index in [9.17, 15) is 0 Å². The first kappa shape index (κ1) is 14.7. The molecule has 1 saturated heterocycles. The van der Waals surface area contributed by atoms with Gasteiger partial charge in [-0.3, -0.25) is 0 Å². The molecule has 3 N–H and O–H groups in total. The summed E-state index contributed by atoms with van der Waals surface area (Å²) in [5.41, 5.74) is 7.07. The Kier molecular flexibility index (Phi) is 7.25. The summed E-state index contributed by atoms with van der Waals surface area (Å²) in [7, 11) is 1.15. The van der Waals surface area contributed by atoms with E-state index < -0.39 is 0 Å². The van der Waals surface area contributed by atoms with Crippen molar-refractivity contribution in [1.29, 1.82) is 0 Å². The highest BCUT2D eigenvalue weighted by Crippen LogP contribution is 2.29. The maximum Gasteiger partial charge on any atom is 0.0299 e. The van der Waals surface area contributed by atoms with Gasteiger partial charge in [-0.2, -0.15) is 0 Å². The molecule has 5 heteroatoms. The van der Waals surface area contributed by atoms with Crippen molar-refractivity contribution in [2.75, 3.05) is 31.3 Å². The van der Waals surface area contributed by atoms with Crippen molar-refractivity contribution in [3.8, 4) is 0 Å². The van der Waals surface area contributed by atoms with Crippen LogP contribution in [0.25, 0.3) is 0 Å². The molecule has 1 aliphatic heterocycles. The third-order valence-electron chi connectivity index (χ3n) is 3.07. The van der Waals surface area contributed by atoms with Gasteiger partial charge in [-0.1, -0.05) is 25.8 Å². The van der Waals surface area contributed by atoms with Gasteiger partial charge in [0.05, 0.1) is 0 Å². The highest BCUT2D eigenvalue weighted by molar-refractivity contribution is 8.01. The average molecular weight is 263 g/mol. The van der Waals surface area contributed by atoms with Crippen molar-refractivity contribution >= 4 is 20.5 Å². The van der Waals surface area contributed by atoms with Crippen LogP contribution in [-0.2, 0) is 0 Å². The smallest absolute Gasteiger partial charge is 0.0299 e. The molecule has 16 heavy (non-hydrogen) atoms. The second kappa shape index (κ2) is 7.88. The first-order chi connectivity index (χ1) is 7.65. The Labute approximate surface area is 106 Å². The van der Waals surface area contributed by atoms with Crippen LogP contribution in [-0.4, -0.2) is 47.7 Å². The fourth-order valence-corrected chi connectivity index (χ4v) is 4.53. The fourth-order valence-electron chi connectivity index (χ4n) is 1.82. The zero-order valence-corrected chi connectivity index (χ0v) is 12.5. The van der Waals surface area contributed by atoms with Gasteiger partial charge in [0, 0.05) is 37.2 Å². The zero-order valence-electron chi connectivity index (χ0n) is 10.7. The minimum atomic E-state index is 0.458. The van der Waals surface area contributed by atoms with E-state index in [4.69, 9.17) is 5.73 Å². The van der Waals surface area contributed by atoms with E-state index in [2.05, 4.69) is 30.4 Å². The molecular formula is C11H26N3PS. The second-order valence-corrected chi connectivity index (χ2v) is 7.64. The molecule has 3 atom stereocenters. The molecule has 0 aromatic rings. The Hall–Kier alpha value is 0.660. The Balaban J connectivity index is 2.24. The SMILES string of the molecule is CC(C)[C@H](CN)NCC(C)N1CCPCS1. The predicted molar refractivity (Wildman–Crippen MR) is 77.5 cm³/mol. The van der Waals surface area contributed by atoms with Crippen LogP contribution >= 0.6 is 20.5 Å². The van der Waals surface area contributed by atoms with Gasteiger partial charge in [0.25, 0.3) is 0 Å². The highest BCUT2D eigenvalue weighted by atomic mass is 32.2. The molecule has 0 spiro atoms. The molecule has 0 radical (unpaired) electrons. The van der Waals surface area contributed by atoms with Gasteiger partial charge in [0.2, 0.25) is 0 Å². The lowest BCUT2D eigenvalue weighted by atomic mass is 10.0. The van der Waals surface area contributed by atoms with Crippen LogP contribution in [0, 0.1) is 5.92 Å². The molecule has 2 unspecified atom stereocenters. The standard InChI is InChI=1S/C11H26N3PS/c1-9(2)11(6-12)13-7-10(3)14-4-5-15-8-16-14/h9-11,13,15H,4-8,12H2,1-3H3/t10?,11-/m0/s1. The summed E-state index contributed by atoms with van der Waals surface area (Å²) in [6.45, 7) is 9.80. The van der Waals surface area contributed by atoms with Crippen LogP contribution in [0.4, 0.5) is 0 Å². The lowest BCUT2D eigenvalue weighted by Gasteiger charge is -2.32. The molecule has 0 saturated carbocycles. The van der Waals surface area contributed by atoms with Crippen molar-refractivity contribution in [2.24, 2.45) is 11.7 Å². The highest BCUT2D eigenvalue weighted by Gasteiger charge is 2.19. The number of rotatable bonds is 6. The van der Waals surface area contributed by atoms with Gasteiger partial charge in [0.15, 0.2) is 0 Å². The first-order valence-electron chi connectivity index (χ1n) is 6.19. The molecule has 0 amide bonds. The summed E-state index contributed by atoms with van der Waals surface area (Å²) >= 11 is 2.01. The molecule has 1 fully saturated rings. The molecule has 1 rings (SSSR count). The number of nitrogens with two attached hydrogens (primary N) is 1. The van der Waals surface area contributed by atoms with Gasteiger partial charge in [0.1, 0.15) is 0 Å². The average Bonchev–Trinajstić information content (AvgIpc) is 2.30. The third-order valence-corrected chi connectivity index (χ3v) is 5.85.